The molecule has 0 unspecified atom stereocenters. The van der Waals surface area contributed by atoms with Gasteiger partial charge in [-0.3, -0.25) is 0 Å². The van der Waals surface area contributed by atoms with E-state index >= 15 is 0 Å². The molecule has 0 aliphatic rings. The highest BCUT2D eigenvalue weighted by Crippen LogP contribution is 2.28. The van der Waals surface area contributed by atoms with Gasteiger partial charge in [0, 0.05) is 4.47 Å². The van der Waals surface area contributed by atoms with Crippen molar-refractivity contribution in [3.05, 3.63) is 58.2 Å². The van der Waals surface area contributed by atoms with Crippen LogP contribution in [0, 0.1) is 0 Å². The molecular formula is C14H8BrClN2O. The van der Waals surface area contributed by atoms with E-state index in [4.69, 9.17) is 16.3 Å². The summed E-state index contributed by atoms with van der Waals surface area (Å²) < 4.78 is 6.63. The minimum atomic E-state index is 0.251. The summed E-state index contributed by atoms with van der Waals surface area (Å²) in [6, 6.07) is 15.0. The first-order valence-corrected chi connectivity index (χ1v) is 6.75. The lowest BCUT2D eigenvalue weighted by Crippen LogP contribution is -1.92. The quantitative estimate of drug-likeness (QED) is 0.672. The second kappa shape index (κ2) is 5.15. The van der Waals surface area contributed by atoms with Gasteiger partial charge in [0.05, 0.1) is 11.0 Å². The van der Waals surface area contributed by atoms with E-state index in [0.717, 1.165) is 15.5 Å². The third-order valence-electron chi connectivity index (χ3n) is 2.53. The van der Waals surface area contributed by atoms with Crippen LogP contribution in [0.3, 0.4) is 0 Å². The summed E-state index contributed by atoms with van der Waals surface area (Å²) in [6.07, 6.45) is 0. The molecule has 0 radical (unpaired) electrons. The van der Waals surface area contributed by atoms with Gasteiger partial charge in [-0.1, -0.05) is 39.7 Å². The van der Waals surface area contributed by atoms with Gasteiger partial charge in [-0.2, -0.15) is 0 Å². The van der Waals surface area contributed by atoms with Crippen molar-refractivity contribution in [2.45, 2.75) is 0 Å². The van der Waals surface area contributed by atoms with Gasteiger partial charge in [-0.05, 0) is 36.4 Å². The number of halogens is 2. The van der Waals surface area contributed by atoms with Gasteiger partial charge in [-0.25, -0.2) is 9.97 Å². The number of nitrogens with zero attached hydrogens (tertiary/aromatic N) is 2. The second-order valence-corrected chi connectivity index (χ2v) is 5.14. The molecule has 0 atom stereocenters. The van der Waals surface area contributed by atoms with Crippen LogP contribution >= 0.6 is 27.5 Å². The Bertz CT molecular complexity index is 731. The fraction of sp³-hybridized carbons (Fsp3) is 0. The number of hydrogen-bond acceptors (Lipinski definition) is 3. The molecule has 3 rings (SSSR count). The maximum Gasteiger partial charge on any atom is 0.258 e. The van der Waals surface area contributed by atoms with E-state index < -0.39 is 0 Å². The number of fused-ring (bicyclic) bond motifs is 1. The number of benzene rings is 2. The molecule has 0 saturated carbocycles. The monoisotopic (exact) mass is 334 g/mol. The third kappa shape index (κ3) is 2.69. The minimum Gasteiger partial charge on any atom is -0.436 e. The van der Waals surface area contributed by atoms with Gasteiger partial charge < -0.3 is 4.74 Å². The van der Waals surface area contributed by atoms with Crippen LogP contribution in [-0.4, -0.2) is 9.97 Å². The summed E-state index contributed by atoms with van der Waals surface area (Å²) in [7, 11) is 0. The molecule has 0 bridgehead atoms. The van der Waals surface area contributed by atoms with E-state index in [2.05, 4.69) is 25.9 Å². The van der Waals surface area contributed by atoms with Gasteiger partial charge >= 0.3 is 0 Å². The topological polar surface area (TPSA) is 35.0 Å². The van der Waals surface area contributed by atoms with E-state index in [-0.39, 0.29) is 5.15 Å². The predicted molar refractivity (Wildman–Crippen MR) is 78.8 cm³/mol. The molecule has 94 valence electrons. The molecule has 3 nitrogen and oxygen atoms in total. The van der Waals surface area contributed by atoms with Gasteiger partial charge in [-0.15, -0.1) is 0 Å². The number of aromatic nitrogens is 2. The Morgan fingerprint density at radius 1 is 0.895 bits per heavy atom. The molecule has 0 spiro atoms. The van der Waals surface area contributed by atoms with E-state index in [1.807, 2.05) is 48.5 Å². The molecule has 0 saturated heterocycles. The van der Waals surface area contributed by atoms with Gasteiger partial charge in [0.25, 0.3) is 5.88 Å². The average Bonchev–Trinajstić information content (AvgIpc) is 2.42. The average molecular weight is 336 g/mol. The smallest absolute Gasteiger partial charge is 0.258 e. The highest BCUT2D eigenvalue weighted by molar-refractivity contribution is 9.10. The first kappa shape index (κ1) is 12.4. The van der Waals surface area contributed by atoms with E-state index in [9.17, 15) is 0 Å². The van der Waals surface area contributed by atoms with Crippen LogP contribution in [0.1, 0.15) is 0 Å². The van der Waals surface area contributed by atoms with E-state index in [0.29, 0.717) is 11.6 Å². The zero-order valence-electron chi connectivity index (χ0n) is 9.68. The highest BCUT2D eigenvalue weighted by Gasteiger charge is 2.08. The summed E-state index contributed by atoms with van der Waals surface area (Å²) in [5, 5.41) is 0.251. The summed E-state index contributed by atoms with van der Waals surface area (Å²) >= 11 is 9.44. The lowest BCUT2D eigenvalue weighted by molar-refractivity contribution is 0.463. The van der Waals surface area contributed by atoms with Crippen molar-refractivity contribution in [1.82, 2.24) is 9.97 Å². The lowest BCUT2D eigenvalue weighted by Gasteiger charge is -2.07. The molecular weight excluding hydrogens is 328 g/mol. The summed E-state index contributed by atoms with van der Waals surface area (Å²) in [4.78, 5) is 8.62. The maximum absolute atomic E-state index is 6.08. The van der Waals surface area contributed by atoms with Crippen LogP contribution in [0.15, 0.2) is 53.0 Å². The Labute approximate surface area is 123 Å². The van der Waals surface area contributed by atoms with Crippen molar-refractivity contribution in [3.63, 3.8) is 0 Å². The van der Waals surface area contributed by atoms with Crippen LogP contribution in [0.2, 0.25) is 5.15 Å². The molecule has 0 fully saturated rings. The first-order chi connectivity index (χ1) is 9.22. The van der Waals surface area contributed by atoms with Gasteiger partial charge in [0.2, 0.25) is 0 Å². The molecule has 19 heavy (non-hydrogen) atoms. The summed E-state index contributed by atoms with van der Waals surface area (Å²) in [5.74, 6) is 0.970. The molecule has 2 aromatic carbocycles. The van der Waals surface area contributed by atoms with Crippen molar-refractivity contribution in [1.29, 1.82) is 0 Å². The van der Waals surface area contributed by atoms with Crippen molar-refractivity contribution in [2.75, 3.05) is 0 Å². The van der Waals surface area contributed by atoms with Crippen LogP contribution < -0.4 is 4.74 Å². The number of ether oxygens (including phenoxy) is 1. The number of rotatable bonds is 2. The molecule has 0 aliphatic carbocycles. The zero-order chi connectivity index (χ0) is 13.2. The van der Waals surface area contributed by atoms with E-state index in [1.54, 1.807) is 0 Å². The van der Waals surface area contributed by atoms with E-state index in [1.165, 1.54) is 0 Å². The highest BCUT2D eigenvalue weighted by atomic mass is 79.9. The zero-order valence-corrected chi connectivity index (χ0v) is 12.0. The number of hydrogen-bond donors (Lipinski definition) is 0. The fourth-order valence-electron chi connectivity index (χ4n) is 1.64. The van der Waals surface area contributed by atoms with Gasteiger partial charge in [0.15, 0.2) is 5.15 Å². The molecule has 3 aromatic rings. The van der Waals surface area contributed by atoms with Crippen LogP contribution in [-0.2, 0) is 0 Å². The Hall–Kier alpha value is -1.65. The SMILES string of the molecule is Clc1nc2ccccc2nc1Oc1ccc(Br)cc1. The van der Waals surface area contributed by atoms with Crippen molar-refractivity contribution in [3.8, 4) is 11.6 Å². The van der Waals surface area contributed by atoms with Crippen LogP contribution in [0.4, 0.5) is 0 Å². The van der Waals surface area contributed by atoms with Crippen LogP contribution in [0.5, 0.6) is 11.6 Å². The molecule has 1 heterocycles. The Morgan fingerprint density at radius 3 is 2.21 bits per heavy atom. The Balaban J connectivity index is 2.00. The molecule has 5 heteroatoms. The lowest BCUT2D eigenvalue weighted by atomic mass is 10.3. The Kier molecular flexibility index (Phi) is 3.36. The summed E-state index contributed by atoms with van der Waals surface area (Å²) in [6.45, 7) is 0. The molecule has 1 aromatic heterocycles. The van der Waals surface area contributed by atoms with Gasteiger partial charge in [0.1, 0.15) is 5.75 Å². The van der Waals surface area contributed by atoms with Crippen molar-refractivity contribution in [2.24, 2.45) is 0 Å². The normalized spacial score (nSPS) is 10.6. The van der Waals surface area contributed by atoms with Crippen molar-refractivity contribution < 1.29 is 4.74 Å². The molecule has 0 amide bonds. The second-order valence-electron chi connectivity index (χ2n) is 3.86. The summed E-state index contributed by atoms with van der Waals surface area (Å²) in [5.41, 5.74) is 1.50. The standard InChI is InChI=1S/C14H8BrClN2O/c15-9-5-7-10(8-6-9)19-14-13(16)17-11-3-1-2-4-12(11)18-14/h1-8H. The molecule has 0 aliphatic heterocycles. The number of para-hydroxylation sites is 2. The largest absolute Gasteiger partial charge is 0.436 e. The molecule has 0 N–H and O–H groups in total. The minimum absolute atomic E-state index is 0.251. The Morgan fingerprint density at radius 2 is 1.53 bits per heavy atom. The van der Waals surface area contributed by atoms with Crippen LogP contribution in [0.25, 0.3) is 11.0 Å². The predicted octanol–water partition coefficient (Wildman–Crippen LogP) is 4.84. The van der Waals surface area contributed by atoms with Crippen molar-refractivity contribution >= 4 is 38.6 Å². The third-order valence-corrected chi connectivity index (χ3v) is 3.30. The fourth-order valence-corrected chi connectivity index (χ4v) is 2.08. The maximum atomic E-state index is 6.08. The first-order valence-electron chi connectivity index (χ1n) is 5.58.